The van der Waals surface area contributed by atoms with E-state index in [4.69, 9.17) is 0 Å². The van der Waals surface area contributed by atoms with E-state index in [1.165, 1.54) is 27.6 Å². The van der Waals surface area contributed by atoms with Gasteiger partial charge in [-0.25, -0.2) is 14.3 Å². The van der Waals surface area contributed by atoms with Crippen molar-refractivity contribution < 1.29 is 4.92 Å². The minimum Gasteiger partial charge on any atom is -0.320 e. The molecule has 4 aromatic rings. The topological polar surface area (TPSA) is 105 Å². The van der Waals surface area contributed by atoms with Crippen molar-refractivity contribution in [2.24, 2.45) is 5.92 Å². The lowest BCUT2D eigenvalue weighted by Crippen LogP contribution is -2.41. The number of nitrogens with zero attached hydrogens (tertiary/aromatic N) is 5. The van der Waals surface area contributed by atoms with E-state index in [-0.39, 0.29) is 30.3 Å². The standard InChI is InChI=1S/C23H23N5O4/c1-15(2)12-26-22(29)20-21(27(23(26)30)18-8-4-16(3)5-9-18)24-14-25(20)13-17-6-10-19(11-7-17)28(31)32/h4-11,14-15H,12-13H2,1-3H3. The van der Waals surface area contributed by atoms with Crippen molar-refractivity contribution in [1.82, 2.24) is 18.7 Å². The molecule has 0 aliphatic carbocycles. The zero-order valence-electron chi connectivity index (χ0n) is 18.1. The smallest absolute Gasteiger partial charge is 0.320 e. The lowest BCUT2D eigenvalue weighted by Gasteiger charge is -2.14. The van der Waals surface area contributed by atoms with Gasteiger partial charge in [0.1, 0.15) is 0 Å². The molecule has 9 heteroatoms. The molecular formula is C23H23N5O4. The molecule has 2 heterocycles. The van der Waals surface area contributed by atoms with Crippen LogP contribution in [0.4, 0.5) is 5.69 Å². The lowest BCUT2D eigenvalue weighted by molar-refractivity contribution is -0.384. The minimum absolute atomic E-state index is 0.00302. The number of aromatic nitrogens is 4. The Hall–Kier alpha value is -4.01. The molecule has 0 aliphatic rings. The molecule has 0 unspecified atom stereocenters. The molecular weight excluding hydrogens is 410 g/mol. The number of fused-ring (bicyclic) bond motifs is 1. The summed E-state index contributed by atoms with van der Waals surface area (Å²) < 4.78 is 4.39. The molecule has 2 aromatic heterocycles. The third kappa shape index (κ3) is 3.84. The van der Waals surface area contributed by atoms with Crippen molar-refractivity contribution >= 4 is 16.9 Å². The predicted molar refractivity (Wildman–Crippen MR) is 121 cm³/mol. The molecule has 0 aliphatic heterocycles. The monoisotopic (exact) mass is 433 g/mol. The van der Waals surface area contributed by atoms with E-state index in [0.717, 1.165) is 11.1 Å². The van der Waals surface area contributed by atoms with Crippen LogP contribution in [0.2, 0.25) is 0 Å². The van der Waals surface area contributed by atoms with Crippen LogP contribution in [0, 0.1) is 23.0 Å². The number of benzene rings is 2. The van der Waals surface area contributed by atoms with Crippen LogP contribution in [0.5, 0.6) is 0 Å². The van der Waals surface area contributed by atoms with Gasteiger partial charge < -0.3 is 4.57 Å². The summed E-state index contributed by atoms with van der Waals surface area (Å²) >= 11 is 0. The van der Waals surface area contributed by atoms with E-state index in [2.05, 4.69) is 4.98 Å². The summed E-state index contributed by atoms with van der Waals surface area (Å²) in [6, 6.07) is 13.6. The molecule has 2 aromatic carbocycles. The van der Waals surface area contributed by atoms with Crippen LogP contribution in [0.25, 0.3) is 16.9 Å². The molecule has 32 heavy (non-hydrogen) atoms. The van der Waals surface area contributed by atoms with Gasteiger partial charge in [0.2, 0.25) is 0 Å². The van der Waals surface area contributed by atoms with E-state index in [0.29, 0.717) is 11.2 Å². The Morgan fingerprint density at radius 1 is 1.03 bits per heavy atom. The molecule has 0 radical (unpaired) electrons. The van der Waals surface area contributed by atoms with Crippen LogP contribution in [-0.2, 0) is 13.1 Å². The Labute approximate surface area is 183 Å². The Kier molecular flexibility index (Phi) is 5.48. The van der Waals surface area contributed by atoms with Gasteiger partial charge in [-0.15, -0.1) is 0 Å². The van der Waals surface area contributed by atoms with Gasteiger partial charge in [-0.2, -0.15) is 0 Å². The van der Waals surface area contributed by atoms with Crippen LogP contribution in [-0.4, -0.2) is 23.6 Å². The minimum atomic E-state index is -0.457. The first kappa shape index (κ1) is 21.2. The van der Waals surface area contributed by atoms with Gasteiger partial charge in [-0.1, -0.05) is 43.7 Å². The van der Waals surface area contributed by atoms with Gasteiger partial charge >= 0.3 is 5.69 Å². The molecule has 4 rings (SSSR count). The number of imidazole rings is 1. The van der Waals surface area contributed by atoms with Crippen molar-refractivity contribution in [3.05, 3.63) is 96.9 Å². The molecule has 0 atom stereocenters. The highest BCUT2D eigenvalue weighted by Crippen LogP contribution is 2.17. The lowest BCUT2D eigenvalue weighted by atomic mass is 10.2. The van der Waals surface area contributed by atoms with E-state index in [1.807, 2.05) is 45.0 Å². The van der Waals surface area contributed by atoms with Gasteiger partial charge in [0.25, 0.3) is 11.2 Å². The third-order valence-electron chi connectivity index (χ3n) is 5.24. The Balaban J connectivity index is 1.92. The highest BCUT2D eigenvalue weighted by atomic mass is 16.6. The van der Waals surface area contributed by atoms with Crippen LogP contribution in [0.15, 0.2) is 64.4 Å². The number of nitro groups is 1. The molecule has 164 valence electrons. The fraction of sp³-hybridized carbons (Fsp3) is 0.261. The number of hydrogen-bond donors (Lipinski definition) is 0. The number of non-ortho nitro benzene ring substituents is 1. The first-order valence-electron chi connectivity index (χ1n) is 10.3. The fourth-order valence-corrected chi connectivity index (χ4v) is 3.67. The van der Waals surface area contributed by atoms with E-state index in [1.54, 1.807) is 16.7 Å². The van der Waals surface area contributed by atoms with Gasteiger partial charge in [0, 0.05) is 25.2 Å². The SMILES string of the molecule is Cc1ccc(-n2c(=O)n(CC(C)C)c(=O)c3c2ncn3Cc2ccc([N+](=O)[O-])cc2)cc1. The summed E-state index contributed by atoms with van der Waals surface area (Å²) in [5.74, 6) is 0.0929. The molecule has 0 bridgehead atoms. The molecule has 0 N–H and O–H groups in total. The van der Waals surface area contributed by atoms with E-state index < -0.39 is 16.2 Å². The van der Waals surface area contributed by atoms with E-state index >= 15 is 0 Å². The van der Waals surface area contributed by atoms with Crippen LogP contribution < -0.4 is 11.2 Å². The van der Waals surface area contributed by atoms with Crippen molar-refractivity contribution in [3.63, 3.8) is 0 Å². The summed E-state index contributed by atoms with van der Waals surface area (Å²) in [6.07, 6.45) is 1.53. The zero-order chi connectivity index (χ0) is 23.0. The predicted octanol–water partition coefficient (Wildman–Crippen LogP) is 3.27. The van der Waals surface area contributed by atoms with Crippen LogP contribution in [0.3, 0.4) is 0 Å². The highest BCUT2D eigenvalue weighted by molar-refractivity contribution is 5.72. The number of rotatable bonds is 6. The summed E-state index contributed by atoms with van der Waals surface area (Å²) in [4.78, 5) is 41.5. The number of aryl methyl sites for hydroxylation is 1. The normalized spacial score (nSPS) is 11.4. The molecule has 9 nitrogen and oxygen atoms in total. The van der Waals surface area contributed by atoms with Gasteiger partial charge in [0.15, 0.2) is 11.2 Å². The maximum absolute atomic E-state index is 13.3. The van der Waals surface area contributed by atoms with Crippen molar-refractivity contribution in [3.8, 4) is 5.69 Å². The van der Waals surface area contributed by atoms with Crippen LogP contribution >= 0.6 is 0 Å². The fourth-order valence-electron chi connectivity index (χ4n) is 3.67. The summed E-state index contributed by atoms with van der Waals surface area (Å²) in [5.41, 5.74) is 2.22. The zero-order valence-corrected chi connectivity index (χ0v) is 18.1. The maximum Gasteiger partial charge on any atom is 0.337 e. The number of hydrogen-bond acceptors (Lipinski definition) is 5. The Morgan fingerprint density at radius 3 is 2.28 bits per heavy atom. The van der Waals surface area contributed by atoms with Crippen molar-refractivity contribution in [2.45, 2.75) is 33.9 Å². The third-order valence-corrected chi connectivity index (χ3v) is 5.24. The van der Waals surface area contributed by atoms with E-state index in [9.17, 15) is 19.7 Å². The molecule has 0 saturated carbocycles. The van der Waals surface area contributed by atoms with Gasteiger partial charge in [0.05, 0.1) is 16.9 Å². The first-order valence-corrected chi connectivity index (χ1v) is 10.3. The Morgan fingerprint density at radius 2 is 1.69 bits per heavy atom. The second kappa shape index (κ2) is 8.26. The Bertz CT molecular complexity index is 1410. The summed E-state index contributed by atoms with van der Waals surface area (Å²) in [5, 5.41) is 10.9. The molecule has 0 spiro atoms. The first-order chi connectivity index (χ1) is 15.3. The van der Waals surface area contributed by atoms with Gasteiger partial charge in [-0.3, -0.25) is 19.5 Å². The molecule has 0 amide bonds. The second-order valence-corrected chi connectivity index (χ2v) is 8.23. The quantitative estimate of drug-likeness (QED) is 0.343. The van der Waals surface area contributed by atoms with Crippen LogP contribution in [0.1, 0.15) is 25.0 Å². The second-order valence-electron chi connectivity index (χ2n) is 8.23. The maximum atomic E-state index is 13.3. The van der Waals surface area contributed by atoms with Gasteiger partial charge in [-0.05, 0) is 30.5 Å². The summed E-state index contributed by atoms with van der Waals surface area (Å²) in [6.45, 7) is 6.42. The average Bonchev–Trinajstić information content (AvgIpc) is 3.16. The molecule has 0 saturated heterocycles. The van der Waals surface area contributed by atoms with Crippen molar-refractivity contribution in [2.75, 3.05) is 0 Å². The largest absolute Gasteiger partial charge is 0.337 e. The average molecular weight is 433 g/mol. The summed E-state index contributed by atoms with van der Waals surface area (Å²) in [7, 11) is 0. The highest BCUT2D eigenvalue weighted by Gasteiger charge is 2.20. The number of nitro benzene ring substituents is 1. The molecule has 0 fully saturated rings. The van der Waals surface area contributed by atoms with Crippen molar-refractivity contribution in [1.29, 1.82) is 0 Å².